The lowest BCUT2D eigenvalue weighted by Crippen LogP contribution is -2.53. The van der Waals surface area contributed by atoms with Crippen LogP contribution in [0.15, 0.2) is 79.6 Å². The van der Waals surface area contributed by atoms with Crippen LogP contribution in [0.2, 0.25) is 0 Å². The zero-order valence-electron chi connectivity index (χ0n) is 20.6. The van der Waals surface area contributed by atoms with Gasteiger partial charge in [-0.3, -0.25) is 5.32 Å². The van der Waals surface area contributed by atoms with Gasteiger partial charge in [0.2, 0.25) is 5.88 Å². The van der Waals surface area contributed by atoms with Crippen LogP contribution in [0.1, 0.15) is 37.0 Å². The third kappa shape index (κ3) is 6.72. The number of nitrogens with one attached hydrogen (secondary N) is 2. The van der Waals surface area contributed by atoms with Crippen molar-refractivity contribution >= 4 is 16.6 Å². The Morgan fingerprint density at radius 3 is 2.66 bits per heavy atom. The first-order chi connectivity index (χ1) is 16.8. The van der Waals surface area contributed by atoms with Gasteiger partial charge in [0.25, 0.3) is 0 Å². The number of aromatic amines is 1. The summed E-state index contributed by atoms with van der Waals surface area (Å²) in [6.45, 7) is 8.90. The number of fused-ring (bicyclic) bond motifs is 1. The molecular weight excluding hydrogens is 434 g/mol. The van der Waals surface area contributed by atoms with E-state index in [4.69, 9.17) is 16.2 Å². The van der Waals surface area contributed by atoms with E-state index in [9.17, 15) is 0 Å². The Labute approximate surface area is 207 Å². The number of H-pyrrole nitrogens is 1. The van der Waals surface area contributed by atoms with Crippen molar-refractivity contribution in [2.45, 2.75) is 38.8 Å². The summed E-state index contributed by atoms with van der Waals surface area (Å²) in [6.07, 6.45) is 6.53. The average Bonchev–Trinajstić information content (AvgIpc) is 3.32. The minimum absolute atomic E-state index is 0.482. The molecule has 0 radical (unpaired) electrons. The molecule has 0 spiro atoms. The van der Waals surface area contributed by atoms with E-state index in [0.29, 0.717) is 23.9 Å². The van der Waals surface area contributed by atoms with Gasteiger partial charge < -0.3 is 21.2 Å². The molecule has 182 valence electrons. The van der Waals surface area contributed by atoms with E-state index in [1.807, 2.05) is 43.5 Å². The Morgan fingerprint density at radius 2 is 1.94 bits per heavy atom. The number of ether oxygens (including phenoxy) is 1. The van der Waals surface area contributed by atoms with E-state index in [1.165, 1.54) is 16.5 Å². The summed E-state index contributed by atoms with van der Waals surface area (Å²) in [5, 5.41) is 4.88. The van der Waals surface area contributed by atoms with E-state index in [0.717, 1.165) is 36.3 Å². The first-order valence-electron chi connectivity index (χ1n) is 12.1. The Kier molecular flexibility index (Phi) is 7.54. The normalized spacial score (nSPS) is 13.9. The summed E-state index contributed by atoms with van der Waals surface area (Å²) in [4.78, 5) is 7.56. The van der Waals surface area contributed by atoms with Gasteiger partial charge in [0, 0.05) is 47.0 Å². The van der Waals surface area contributed by atoms with E-state index in [2.05, 4.69) is 53.1 Å². The number of benzene rings is 2. The largest absolute Gasteiger partial charge is 0.439 e. The molecule has 4 aromatic rings. The molecule has 0 fully saturated rings. The third-order valence-electron chi connectivity index (χ3n) is 6.27. The van der Waals surface area contributed by atoms with Gasteiger partial charge in [-0.15, -0.1) is 0 Å². The maximum atomic E-state index is 6.59. The number of nitrogens with zero attached hydrogens (tertiary/aromatic N) is 1. The molecule has 2 unspecified atom stereocenters. The van der Waals surface area contributed by atoms with Crippen LogP contribution >= 0.6 is 0 Å². The molecule has 0 saturated carbocycles. The lowest BCUT2D eigenvalue weighted by Gasteiger charge is -2.28. The van der Waals surface area contributed by atoms with Gasteiger partial charge in [-0.25, -0.2) is 4.98 Å². The number of aromatic nitrogens is 2. The second kappa shape index (κ2) is 10.8. The summed E-state index contributed by atoms with van der Waals surface area (Å²) in [6, 6.07) is 20.2. The Hall–Kier alpha value is -3.61. The van der Waals surface area contributed by atoms with Gasteiger partial charge >= 0.3 is 0 Å². The molecule has 6 N–H and O–H groups in total. The van der Waals surface area contributed by atoms with Crippen molar-refractivity contribution in [2.75, 3.05) is 6.54 Å². The molecule has 0 aliphatic rings. The Bertz CT molecular complexity index is 1260. The number of hydrogen-bond acceptors (Lipinski definition) is 5. The highest BCUT2D eigenvalue weighted by atomic mass is 16.5. The van der Waals surface area contributed by atoms with Crippen molar-refractivity contribution in [2.24, 2.45) is 17.4 Å². The van der Waals surface area contributed by atoms with Crippen molar-refractivity contribution in [3.63, 3.8) is 0 Å². The summed E-state index contributed by atoms with van der Waals surface area (Å²) in [7, 11) is 0. The van der Waals surface area contributed by atoms with Crippen molar-refractivity contribution < 1.29 is 4.74 Å². The highest BCUT2D eigenvalue weighted by molar-refractivity contribution is 5.82. The molecule has 2 aromatic heterocycles. The molecule has 0 bridgehead atoms. The number of rotatable bonds is 11. The third-order valence-corrected chi connectivity index (χ3v) is 6.27. The quantitative estimate of drug-likeness (QED) is 0.222. The molecule has 2 heterocycles. The molecule has 0 saturated heterocycles. The smallest absolute Gasteiger partial charge is 0.219 e. The van der Waals surface area contributed by atoms with Gasteiger partial charge in [-0.2, -0.15) is 0 Å². The molecule has 2 aromatic carbocycles. The summed E-state index contributed by atoms with van der Waals surface area (Å²) in [5.74, 6) is 1.74. The topological polar surface area (TPSA) is 102 Å². The zero-order valence-corrected chi connectivity index (χ0v) is 20.6. The Balaban J connectivity index is 1.25. The van der Waals surface area contributed by atoms with Crippen LogP contribution in [0, 0.1) is 5.92 Å². The van der Waals surface area contributed by atoms with Gasteiger partial charge in [0.1, 0.15) is 5.75 Å². The fourth-order valence-corrected chi connectivity index (χ4v) is 4.19. The average molecular weight is 470 g/mol. The molecular formula is C29H35N5O. The fourth-order valence-electron chi connectivity index (χ4n) is 4.19. The number of hydrogen-bond donors (Lipinski definition) is 4. The molecule has 0 aliphatic heterocycles. The predicted octanol–water partition coefficient (Wildman–Crippen LogP) is 5.36. The number of aryl methyl sites for hydroxylation is 1. The van der Waals surface area contributed by atoms with Crippen LogP contribution in [0.3, 0.4) is 0 Å². The van der Waals surface area contributed by atoms with Crippen molar-refractivity contribution in [3.05, 3.63) is 96.3 Å². The molecule has 6 nitrogen and oxygen atoms in total. The summed E-state index contributed by atoms with van der Waals surface area (Å²) in [5.41, 5.74) is 16.8. The summed E-state index contributed by atoms with van der Waals surface area (Å²) >= 11 is 0. The van der Waals surface area contributed by atoms with Crippen molar-refractivity contribution in [1.82, 2.24) is 15.3 Å². The molecule has 0 amide bonds. The van der Waals surface area contributed by atoms with E-state index < -0.39 is 5.66 Å². The lowest BCUT2D eigenvalue weighted by molar-refractivity contribution is 0.330. The number of pyridine rings is 1. The molecule has 2 atom stereocenters. The van der Waals surface area contributed by atoms with Crippen molar-refractivity contribution in [1.29, 1.82) is 0 Å². The standard InChI is InChI=1S/C29H35N5O/c1-20(7-10-23-5-4-6-27-26(23)15-16-32-27)18-34-29(3,31)17-22-8-12-25(13-9-22)35-28-14-11-24(19-33-28)21(2)30/h4-6,8-9,11-16,19-20,32,34H,2,7,10,17-18,30-31H2,1,3H3. The van der Waals surface area contributed by atoms with Crippen LogP contribution in [0.5, 0.6) is 11.6 Å². The van der Waals surface area contributed by atoms with Crippen LogP contribution in [-0.4, -0.2) is 22.2 Å². The monoisotopic (exact) mass is 469 g/mol. The predicted molar refractivity (Wildman–Crippen MR) is 144 cm³/mol. The van der Waals surface area contributed by atoms with Crippen LogP contribution in [0.4, 0.5) is 0 Å². The maximum Gasteiger partial charge on any atom is 0.219 e. The van der Waals surface area contributed by atoms with Crippen LogP contribution < -0.4 is 21.5 Å². The first kappa shape index (κ1) is 24.5. The number of nitrogens with two attached hydrogens (primary N) is 2. The van der Waals surface area contributed by atoms with Crippen molar-refractivity contribution in [3.8, 4) is 11.6 Å². The summed E-state index contributed by atoms with van der Waals surface area (Å²) < 4.78 is 5.83. The molecule has 35 heavy (non-hydrogen) atoms. The van der Waals surface area contributed by atoms with E-state index in [1.54, 1.807) is 12.3 Å². The van der Waals surface area contributed by atoms with Gasteiger partial charge in [-0.05, 0) is 73.7 Å². The SMILES string of the molecule is C=C(N)c1ccc(Oc2ccc(CC(C)(N)NCC(C)CCc3cccc4[nH]ccc34)cc2)nc1. The van der Waals surface area contributed by atoms with Gasteiger partial charge in [-0.1, -0.05) is 37.8 Å². The van der Waals surface area contributed by atoms with Gasteiger partial charge in [0.05, 0.1) is 5.66 Å². The highest BCUT2D eigenvalue weighted by Crippen LogP contribution is 2.23. The maximum absolute atomic E-state index is 6.59. The second-order valence-corrected chi connectivity index (χ2v) is 9.63. The van der Waals surface area contributed by atoms with E-state index >= 15 is 0 Å². The zero-order chi connectivity index (χ0) is 24.8. The van der Waals surface area contributed by atoms with Gasteiger partial charge in [0.15, 0.2) is 0 Å². The lowest BCUT2D eigenvalue weighted by atomic mass is 9.97. The second-order valence-electron chi connectivity index (χ2n) is 9.63. The molecule has 0 aliphatic carbocycles. The minimum atomic E-state index is -0.501. The minimum Gasteiger partial charge on any atom is -0.439 e. The first-order valence-corrected chi connectivity index (χ1v) is 12.1. The molecule has 4 rings (SSSR count). The van der Waals surface area contributed by atoms with Crippen LogP contribution in [-0.2, 0) is 12.8 Å². The van der Waals surface area contributed by atoms with E-state index in [-0.39, 0.29) is 0 Å². The fraction of sp³-hybridized carbons (Fsp3) is 0.276. The Morgan fingerprint density at radius 1 is 1.14 bits per heavy atom. The highest BCUT2D eigenvalue weighted by Gasteiger charge is 2.19. The van der Waals surface area contributed by atoms with Crippen LogP contribution in [0.25, 0.3) is 16.6 Å². The molecule has 6 heteroatoms.